The van der Waals surface area contributed by atoms with Gasteiger partial charge in [0.15, 0.2) is 0 Å². The van der Waals surface area contributed by atoms with Crippen molar-refractivity contribution in [3.8, 4) is 0 Å². The topological polar surface area (TPSA) is 52.6 Å². The van der Waals surface area contributed by atoms with Crippen LogP contribution in [0, 0.1) is 0 Å². The van der Waals surface area contributed by atoms with Crippen LogP contribution in [0.4, 0.5) is 5.69 Å². The van der Waals surface area contributed by atoms with E-state index < -0.39 is 12.0 Å². The van der Waals surface area contributed by atoms with Crippen LogP contribution >= 0.6 is 0 Å². The molecule has 0 bridgehead atoms. The molecule has 0 spiro atoms. The van der Waals surface area contributed by atoms with E-state index in [9.17, 15) is 9.90 Å². The Labute approximate surface area is 115 Å². The minimum Gasteiger partial charge on any atom is -0.480 e. The van der Waals surface area contributed by atoms with Gasteiger partial charge in [0.2, 0.25) is 0 Å². The standard InChI is InChI=1S/C15H24N2O2/c1-4-11-16-14(15(18)19)12-7-9-13(10-8-12)17(5-2)6-3/h7-10,14,16H,4-6,11H2,1-3H3,(H,18,19). The first kappa shape index (κ1) is 15.5. The molecule has 1 aromatic rings. The molecule has 0 aromatic heterocycles. The van der Waals surface area contributed by atoms with Gasteiger partial charge in [0, 0.05) is 18.8 Å². The summed E-state index contributed by atoms with van der Waals surface area (Å²) in [7, 11) is 0. The second-order valence-corrected chi connectivity index (χ2v) is 4.49. The Balaban J connectivity index is 2.85. The third kappa shape index (κ3) is 4.24. The van der Waals surface area contributed by atoms with Crippen molar-refractivity contribution in [2.24, 2.45) is 0 Å². The maximum Gasteiger partial charge on any atom is 0.325 e. The van der Waals surface area contributed by atoms with Crippen molar-refractivity contribution >= 4 is 11.7 Å². The Morgan fingerprint density at radius 3 is 2.21 bits per heavy atom. The zero-order chi connectivity index (χ0) is 14.3. The minimum atomic E-state index is -0.830. The molecule has 19 heavy (non-hydrogen) atoms. The fraction of sp³-hybridized carbons (Fsp3) is 0.533. The van der Waals surface area contributed by atoms with Gasteiger partial charge < -0.3 is 15.3 Å². The number of aliphatic carboxylic acids is 1. The van der Waals surface area contributed by atoms with Gasteiger partial charge in [0.1, 0.15) is 6.04 Å². The van der Waals surface area contributed by atoms with Gasteiger partial charge in [-0.25, -0.2) is 0 Å². The molecule has 1 unspecified atom stereocenters. The lowest BCUT2D eigenvalue weighted by atomic mass is 10.1. The Morgan fingerprint density at radius 1 is 1.21 bits per heavy atom. The third-order valence-electron chi connectivity index (χ3n) is 3.20. The summed E-state index contributed by atoms with van der Waals surface area (Å²) < 4.78 is 0. The predicted molar refractivity (Wildman–Crippen MR) is 78.7 cm³/mol. The molecular formula is C15H24N2O2. The summed E-state index contributed by atoms with van der Waals surface area (Å²) >= 11 is 0. The van der Waals surface area contributed by atoms with E-state index >= 15 is 0 Å². The summed E-state index contributed by atoms with van der Waals surface area (Å²) in [6.45, 7) is 8.85. The molecule has 4 nitrogen and oxygen atoms in total. The van der Waals surface area contributed by atoms with E-state index in [2.05, 4.69) is 24.1 Å². The predicted octanol–water partition coefficient (Wildman–Crippen LogP) is 2.66. The molecular weight excluding hydrogens is 240 g/mol. The number of nitrogens with one attached hydrogen (secondary N) is 1. The zero-order valence-corrected chi connectivity index (χ0v) is 12.0. The molecule has 4 heteroatoms. The average Bonchev–Trinajstić information content (AvgIpc) is 2.42. The second kappa shape index (κ2) is 7.79. The minimum absolute atomic E-state index is 0.620. The van der Waals surface area contributed by atoms with Crippen LogP contribution in [0.3, 0.4) is 0 Å². The normalized spacial score (nSPS) is 12.2. The summed E-state index contributed by atoms with van der Waals surface area (Å²) in [6, 6.07) is 7.16. The molecule has 0 fully saturated rings. The Kier molecular flexibility index (Phi) is 6.36. The second-order valence-electron chi connectivity index (χ2n) is 4.49. The molecule has 0 heterocycles. The highest BCUT2D eigenvalue weighted by Crippen LogP contribution is 2.19. The van der Waals surface area contributed by atoms with Crippen LogP contribution in [-0.2, 0) is 4.79 Å². The third-order valence-corrected chi connectivity index (χ3v) is 3.20. The molecule has 0 aliphatic carbocycles. The Morgan fingerprint density at radius 2 is 1.79 bits per heavy atom. The lowest BCUT2D eigenvalue weighted by molar-refractivity contribution is -0.139. The van der Waals surface area contributed by atoms with Crippen molar-refractivity contribution in [2.75, 3.05) is 24.5 Å². The number of hydrogen-bond donors (Lipinski definition) is 2. The van der Waals surface area contributed by atoms with Gasteiger partial charge in [0.05, 0.1) is 0 Å². The highest BCUT2D eigenvalue weighted by molar-refractivity contribution is 5.75. The fourth-order valence-electron chi connectivity index (χ4n) is 2.10. The molecule has 0 aliphatic heterocycles. The maximum absolute atomic E-state index is 11.3. The number of hydrogen-bond acceptors (Lipinski definition) is 3. The molecule has 0 amide bonds. The molecule has 1 aromatic carbocycles. The monoisotopic (exact) mass is 264 g/mol. The van der Waals surface area contributed by atoms with Crippen molar-refractivity contribution in [1.29, 1.82) is 0 Å². The van der Waals surface area contributed by atoms with Crippen LogP contribution in [0.2, 0.25) is 0 Å². The van der Waals surface area contributed by atoms with Crippen molar-refractivity contribution < 1.29 is 9.90 Å². The van der Waals surface area contributed by atoms with Gasteiger partial charge in [-0.1, -0.05) is 19.1 Å². The summed E-state index contributed by atoms with van der Waals surface area (Å²) in [5.74, 6) is -0.830. The highest BCUT2D eigenvalue weighted by atomic mass is 16.4. The number of nitrogens with zero attached hydrogens (tertiary/aromatic N) is 1. The molecule has 0 saturated heterocycles. The summed E-state index contributed by atoms with van der Waals surface area (Å²) in [4.78, 5) is 13.5. The summed E-state index contributed by atoms with van der Waals surface area (Å²) in [5.41, 5.74) is 1.94. The van der Waals surface area contributed by atoms with Crippen LogP contribution in [0.5, 0.6) is 0 Å². The Bertz CT molecular complexity index is 386. The quantitative estimate of drug-likeness (QED) is 0.758. The van der Waals surface area contributed by atoms with Gasteiger partial charge >= 0.3 is 5.97 Å². The fourth-order valence-corrected chi connectivity index (χ4v) is 2.10. The van der Waals surface area contributed by atoms with Gasteiger partial charge in [-0.3, -0.25) is 4.79 Å². The average molecular weight is 264 g/mol. The van der Waals surface area contributed by atoms with E-state index in [-0.39, 0.29) is 0 Å². The first-order valence-electron chi connectivity index (χ1n) is 6.95. The van der Waals surface area contributed by atoms with Gasteiger partial charge in [-0.2, -0.15) is 0 Å². The lowest BCUT2D eigenvalue weighted by Gasteiger charge is -2.22. The number of carbonyl (C=O) groups is 1. The largest absolute Gasteiger partial charge is 0.480 e. The van der Waals surface area contributed by atoms with E-state index in [0.717, 1.165) is 30.8 Å². The highest BCUT2D eigenvalue weighted by Gasteiger charge is 2.18. The van der Waals surface area contributed by atoms with E-state index in [1.165, 1.54) is 0 Å². The summed E-state index contributed by atoms with van der Waals surface area (Å²) in [6.07, 6.45) is 0.918. The van der Waals surface area contributed by atoms with Crippen LogP contribution in [0.25, 0.3) is 0 Å². The smallest absolute Gasteiger partial charge is 0.325 e. The number of rotatable bonds is 8. The molecule has 0 radical (unpaired) electrons. The van der Waals surface area contributed by atoms with Crippen LogP contribution in [-0.4, -0.2) is 30.7 Å². The molecule has 2 N–H and O–H groups in total. The first-order chi connectivity index (χ1) is 9.13. The summed E-state index contributed by atoms with van der Waals surface area (Å²) in [5, 5.41) is 12.3. The van der Waals surface area contributed by atoms with E-state index in [4.69, 9.17) is 0 Å². The van der Waals surface area contributed by atoms with Crippen LogP contribution < -0.4 is 10.2 Å². The van der Waals surface area contributed by atoms with Crippen molar-refractivity contribution in [1.82, 2.24) is 5.32 Å². The number of carboxylic acid groups (broad SMARTS) is 1. The number of anilines is 1. The molecule has 1 atom stereocenters. The molecule has 106 valence electrons. The SMILES string of the molecule is CCCNC(C(=O)O)c1ccc(N(CC)CC)cc1. The number of benzene rings is 1. The molecule has 1 rings (SSSR count). The van der Waals surface area contributed by atoms with Crippen molar-refractivity contribution in [3.05, 3.63) is 29.8 Å². The molecule has 0 saturated carbocycles. The van der Waals surface area contributed by atoms with Gasteiger partial charge in [-0.15, -0.1) is 0 Å². The van der Waals surface area contributed by atoms with Crippen molar-refractivity contribution in [3.63, 3.8) is 0 Å². The first-order valence-corrected chi connectivity index (χ1v) is 6.95. The van der Waals surface area contributed by atoms with E-state index in [1.807, 2.05) is 31.2 Å². The Hall–Kier alpha value is -1.55. The van der Waals surface area contributed by atoms with Crippen molar-refractivity contribution in [2.45, 2.75) is 33.2 Å². The number of carboxylic acids is 1. The zero-order valence-electron chi connectivity index (χ0n) is 12.0. The molecule has 0 aliphatic rings. The van der Waals surface area contributed by atoms with Gasteiger partial charge in [0.25, 0.3) is 0 Å². The van der Waals surface area contributed by atoms with Gasteiger partial charge in [-0.05, 0) is 44.5 Å². The van der Waals surface area contributed by atoms with Crippen LogP contribution in [0.15, 0.2) is 24.3 Å². The van der Waals surface area contributed by atoms with E-state index in [0.29, 0.717) is 6.54 Å². The van der Waals surface area contributed by atoms with E-state index in [1.54, 1.807) is 0 Å². The lowest BCUT2D eigenvalue weighted by Crippen LogP contribution is -2.29. The maximum atomic E-state index is 11.3. The van der Waals surface area contributed by atoms with Crippen LogP contribution in [0.1, 0.15) is 38.8 Å².